The lowest BCUT2D eigenvalue weighted by Crippen LogP contribution is -2.21. The van der Waals surface area contributed by atoms with Gasteiger partial charge in [-0.1, -0.05) is 41.4 Å². The number of anilines is 2. The van der Waals surface area contributed by atoms with Gasteiger partial charge in [0.15, 0.2) is 6.61 Å². The molecule has 2 amide bonds. The third kappa shape index (κ3) is 9.93. The Kier molecular flexibility index (Phi) is 11.0. The number of halogens is 2. The molecule has 0 aromatic heterocycles. The first-order chi connectivity index (χ1) is 16.1. The van der Waals surface area contributed by atoms with Crippen LogP contribution in [0.15, 0.2) is 46.9 Å². The molecule has 0 spiro atoms. The summed E-state index contributed by atoms with van der Waals surface area (Å²) in [6.45, 7) is 3.78. The molecule has 8 nitrogen and oxygen atoms in total. The summed E-state index contributed by atoms with van der Waals surface area (Å²) < 4.78 is 10.9. The molecule has 0 bridgehead atoms. The van der Waals surface area contributed by atoms with E-state index in [2.05, 4.69) is 26.6 Å². The van der Waals surface area contributed by atoms with Crippen LogP contribution in [0.2, 0.25) is 5.02 Å². The van der Waals surface area contributed by atoms with Crippen LogP contribution in [0.25, 0.3) is 0 Å². The summed E-state index contributed by atoms with van der Waals surface area (Å²) in [7, 11) is 0. The summed E-state index contributed by atoms with van der Waals surface area (Å²) >= 11 is 9.30. The number of esters is 2. The van der Waals surface area contributed by atoms with E-state index >= 15 is 0 Å². The molecule has 0 aliphatic carbocycles. The van der Waals surface area contributed by atoms with Crippen molar-refractivity contribution in [3.63, 3.8) is 0 Å². The minimum absolute atomic E-state index is 0.0135. The first kappa shape index (κ1) is 27.3. The van der Waals surface area contributed by atoms with Crippen LogP contribution in [-0.2, 0) is 23.9 Å². The molecule has 2 aromatic carbocycles. The van der Waals surface area contributed by atoms with Crippen molar-refractivity contribution in [3.8, 4) is 0 Å². The van der Waals surface area contributed by atoms with Crippen molar-refractivity contribution < 1.29 is 28.7 Å². The summed E-state index contributed by atoms with van der Waals surface area (Å²) in [5.41, 5.74) is 1.33. The summed E-state index contributed by atoms with van der Waals surface area (Å²) in [4.78, 5) is 47.8. The van der Waals surface area contributed by atoms with Gasteiger partial charge in [-0.2, -0.15) is 0 Å². The molecule has 0 saturated carbocycles. The highest BCUT2D eigenvalue weighted by molar-refractivity contribution is 9.10. The Morgan fingerprint density at radius 2 is 1.65 bits per heavy atom. The van der Waals surface area contributed by atoms with E-state index in [1.54, 1.807) is 42.5 Å². The fourth-order valence-electron chi connectivity index (χ4n) is 2.63. The lowest BCUT2D eigenvalue weighted by molar-refractivity contribution is -0.147. The van der Waals surface area contributed by atoms with Crippen LogP contribution in [0, 0.1) is 5.92 Å². The van der Waals surface area contributed by atoms with Gasteiger partial charge in [-0.25, -0.2) is 4.79 Å². The van der Waals surface area contributed by atoms with Gasteiger partial charge < -0.3 is 20.1 Å². The molecule has 34 heavy (non-hydrogen) atoms. The van der Waals surface area contributed by atoms with Gasteiger partial charge in [0.25, 0.3) is 5.91 Å². The van der Waals surface area contributed by atoms with Crippen molar-refractivity contribution in [1.82, 2.24) is 0 Å². The molecular formula is C24H26BrClN2O6. The number of benzene rings is 2. The number of rotatable bonds is 11. The van der Waals surface area contributed by atoms with Gasteiger partial charge in [0.05, 0.1) is 22.9 Å². The van der Waals surface area contributed by atoms with Crippen LogP contribution in [0.4, 0.5) is 11.4 Å². The predicted octanol–water partition coefficient (Wildman–Crippen LogP) is 5.21. The lowest BCUT2D eigenvalue weighted by atomic mass is 10.2. The largest absolute Gasteiger partial charge is 0.462 e. The first-order valence-corrected chi connectivity index (χ1v) is 11.8. The molecular weight excluding hydrogens is 528 g/mol. The summed E-state index contributed by atoms with van der Waals surface area (Å²) in [5.74, 6) is -1.57. The lowest BCUT2D eigenvalue weighted by Gasteiger charge is -2.09. The zero-order chi connectivity index (χ0) is 25.1. The summed E-state index contributed by atoms with van der Waals surface area (Å²) in [6.07, 6.45) is 0.332. The van der Waals surface area contributed by atoms with Crippen molar-refractivity contribution in [2.45, 2.75) is 33.1 Å². The topological polar surface area (TPSA) is 111 Å². The normalized spacial score (nSPS) is 10.5. The molecule has 0 aliphatic rings. The highest BCUT2D eigenvalue weighted by Gasteiger charge is 2.12. The number of hydrogen-bond acceptors (Lipinski definition) is 6. The number of nitrogens with one attached hydrogen (secondary N) is 2. The maximum Gasteiger partial charge on any atom is 0.338 e. The van der Waals surface area contributed by atoms with Crippen LogP contribution in [-0.4, -0.2) is 37.0 Å². The second-order valence-electron chi connectivity index (χ2n) is 7.80. The van der Waals surface area contributed by atoms with E-state index in [0.29, 0.717) is 28.6 Å². The predicted molar refractivity (Wildman–Crippen MR) is 133 cm³/mol. The van der Waals surface area contributed by atoms with Crippen LogP contribution in [0.1, 0.15) is 43.5 Å². The van der Waals surface area contributed by atoms with Gasteiger partial charge in [-0.3, -0.25) is 14.4 Å². The van der Waals surface area contributed by atoms with E-state index in [4.69, 9.17) is 21.1 Å². The van der Waals surface area contributed by atoms with Crippen molar-refractivity contribution in [3.05, 3.63) is 57.5 Å². The molecule has 182 valence electrons. The average molecular weight is 554 g/mol. The van der Waals surface area contributed by atoms with E-state index in [0.717, 1.165) is 4.47 Å². The SMILES string of the molecule is CC(C)COC(=O)c1ccc(NC(=O)CCCC(=O)OCC(=O)Nc2ccc(Br)cc2Cl)cc1. The van der Waals surface area contributed by atoms with E-state index in [-0.39, 0.29) is 31.1 Å². The fourth-order valence-corrected chi connectivity index (χ4v) is 3.35. The van der Waals surface area contributed by atoms with Crippen molar-refractivity contribution in [1.29, 1.82) is 0 Å². The highest BCUT2D eigenvalue weighted by Crippen LogP contribution is 2.25. The number of ether oxygens (including phenoxy) is 2. The van der Waals surface area contributed by atoms with Crippen LogP contribution in [0.5, 0.6) is 0 Å². The summed E-state index contributed by atoms with van der Waals surface area (Å²) in [6, 6.07) is 11.3. The maximum absolute atomic E-state index is 12.1. The van der Waals surface area contributed by atoms with Crippen LogP contribution >= 0.6 is 27.5 Å². The standard InChI is InChI=1S/C24H26BrClN2O6/c1-15(2)13-34-24(32)16-6-9-18(10-7-16)27-21(29)4-3-5-23(31)33-14-22(30)28-20-11-8-17(25)12-19(20)26/h6-12,15H,3-5,13-14H2,1-2H3,(H,27,29)(H,28,30). The molecule has 0 aliphatic heterocycles. The van der Waals surface area contributed by atoms with Crippen LogP contribution < -0.4 is 10.6 Å². The van der Waals surface area contributed by atoms with E-state index in [9.17, 15) is 19.2 Å². The molecule has 0 atom stereocenters. The molecule has 2 N–H and O–H groups in total. The maximum atomic E-state index is 12.1. The second kappa shape index (κ2) is 13.7. The minimum atomic E-state index is -0.589. The first-order valence-electron chi connectivity index (χ1n) is 10.6. The van der Waals surface area contributed by atoms with Crippen molar-refractivity contribution in [2.24, 2.45) is 5.92 Å². The molecule has 2 aromatic rings. The van der Waals surface area contributed by atoms with Gasteiger partial charge in [0.2, 0.25) is 5.91 Å². The Labute approximate surface area is 211 Å². The number of carbonyl (C=O) groups excluding carboxylic acids is 4. The second-order valence-corrected chi connectivity index (χ2v) is 9.13. The van der Waals surface area contributed by atoms with Gasteiger partial charge in [0, 0.05) is 23.0 Å². The van der Waals surface area contributed by atoms with E-state index < -0.39 is 24.5 Å². The van der Waals surface area contributed by atoms with Crippen LogP contribution in [0.3, 0.4) is 0 Å². The third-order valence-corrected chi connectivity index (χ3v) is 5.11. The summed E-state index contributed by atoms with van der Waals surface area (Å²) in [5, 5.41) is 5.60. The Bertz CT molecular complexity index is 1030. The fraction of sp³-hybridized carbons (Fsp3) is 0.333. The minimum Gasteiger partial charge on any atom is -0.462 e. The molecule has 2 rings (SSSR count). The quantitative estimate of drug-likeness (QED) is 0.370. The zero-order valence-electron chi connectivity index (χ0n) is 18.9. The molecule has 0 heterocycles. The smallest absolute Gasteiger partial charge is 0.338 e. The van der Waals surface area contributed by atoms with E-state index in [1.807, 2.05) is 13.8 Å². The monoisotopic (exact) mass is 552 g/mol. The average Bonchev–Trinajstić information content (AvgIpc) is 2.78. The highest BCUT2D eigenvalue weighted by atomic mass is 79.9. The van der Waals surface area contributed by atoms with Gasteiger partial charge >= 0.3 is 11.9 Å². The third-order valence-electron chi connectivity index (χ3n) is 4.31. The van der Waals surface area contributed by atoms with Crippen molar-refractivity contribution in [2.75, 3.05) is 23.8 Å². The Balaban J connectivity index is 1.66. The Morgan fingerprint density at radius 1 is 0.941 bits per heavy atom. The van der Waals surface area contributed by atoms with E-state index in [1.165, 1.54) is 0 Å². The van der Waals surface area contributed by atoms with Crippen molar-refractivity contribution >= 4 is 62.7 Å². The Morgan fingerprint density at radius 3 is 2.29 bits per heavy atom. The molecule has 10 heteroatoms. The van der Waals surface area contributed by atoms with Gasteiger partial charge in [0.1, 0.15) is 0 Å². The zero-order valence-corrected chi connectivity index (χ0v) is 21.2. The van der Waals surface area contributed by atoms with Gasteiger partial charge in [-0.15, -0.1) is 0 Å². The molecule has 0 saturated heterocycles. The number of carbonyl (C=O) groups is 4. The molecule has 0 fully saturated rings. The molecule has 0 unspecified atom stereocenters. The number of amides is 2. The number of hydrogen-bond donors (Lipinski definition) is 2. The van der Waals surface area contributed by atoms with Gasteiger partial charge in [-0.05, 0) is 54.8 Å². The molecule has 0 radical (unpaired) electrons. The Hall–Kier alpha value is -2.91.